The summed E-state index contributed by atoms with van der Waals surface area (Å²) < 4.78 is 5.18. The van der Waals surface area contributed by atoms with Crippen molar-refractivity contribution in [3.63, 3.8) is 0 Å². The van der Waals surface area contributed by atoms with Gasteiger partial charge in [0.25, 0.3) is 0 Å². The number of aryl methyl sites for hydroxylation is 1. The van der Waals surface area contributed by atoms with Crippen molar-refractivity contribution in [1.82, 2.24) is 0 Å². The van der Waals surface area contributed by atoms with Crippen molar-refractivity contribution in [2.45, 2.75) is 32.6 Å². The lowest BCUT2D eigenvalue weighted by atomic mass is 10.1. The number of rotatable bonds is 8. The summed E-state index contributed by atoms with van der Waals surface area (Å²) in [6, 6.07) is 4.11. The van der Waals surface area contributed by atoms with Crippen LogP contribution in [0.4, 0.5) is 0 Å². The normalized spacial score (nSPS) is 10.5. The summed E-state index contributed by atoms with van der Waals surface area (Å²) in [5.41, 5.74) is 0. The molecular formula is C12H18O2S. The van der Waals surface area contributed by atoms with Gasteiger partial charge in [0.1, 0.15) is 5.78 Å². The number of ether oxygens (including phenoxy) is 1. The molecule has 0 unspecified atom stereocenters. The summed E-state index contributed by atoms with van der Waals surface area (Å²) in [7, 11) is 0. The summed E-state index contributed by atoms with van der Waals surface area (Å²) in [6.45, 7) is 3.42. The third-order valence-corrected chi connectivity index (χ3v) is 3.11. The number of hydrogen-bond donors (Lipinski definition) is 0. The van der Waals surface area contributed by atoms with Gasteiger partial charge < -0.3 is 4.74 Å². The Labute approximate surface area is 95.3 Å². The van der Waals surface area contributed by atoms with Gasteiger partial charge in [0.2, 0.25) is 0 Å². The van der Waals surface area contributed by atoms with Gasteiger partial charge in [-0.25, -0.2) is 0 Å². The third-order valence-electron chi connectivity index (χ3n) is 2.18. The molecule has 1 aromatic heterocycles. The fraction of sp³-hybridized carbons (Fsp3) is 0.583. The topological polar surface area (TPSA) is 26.3 Å². The van der Waals surface area contributed by atoms with Crippen molar-refractivity contribution in [2.75, 3.05) is 13.2 Å². The lowest BCUT2D eigenvalue weighted by Gasteiger charge is -2.00. The Morgan fingerprint density at radius 1 is 1.47 bits per heavy atom. The minimum absolute atomic E-state index is 0.350. The van der Waals surface area contributed by atoms with Crippen LogP contribution in [0.2, 0.25) is 0 Å². The first-order chi connectivity index (χ1) is 7.33. The highest BCUT2D eigenvalue weighted by Gasteiger charge is 2.02. The molecule has 2 nitrogen and oxygen atoms in total. The number of carbonyl (C=O) groups is 1. The van der Waals surface area contributed by atoms with Crippen molar-refractivity contribution in [3.8, 4) is 0 Å². The Hall–Kier alpha value is -0.670. The van der Waals surface area contributed by atoms with Crippen LogP contribution in [0.1, 0.15) is 31.1 Å². The van der Waals surface area contributed by atoms with Gasteiger partial charge in [-0.2, -0.15) is 0 Å². The number of carbonyl (C=O) groups excluding carboxylic acids is 1. The van der Waals surface area contributed by atoms with Crippen LogP contribution in [0, 0.1) is 0 Å². The van der Waals surface area contributed by atoms with Gasteiger partial charge in [-0.15, -0.1) is 11.3 Å². The maximum atomic E-state index is 11.5. The first-order valence-corrected chi connectivity index (χ1v) is 6.32. The number of Topliss-reactive ketones (excluding diaryl/α,β-unsaturated/α-hetero) is 1. The fourth-order valence-corrected chi connectivity index (χ4v) is 2.07. The minimum atomic E-state index is 0.350. The van der Waals surface area contributed by atoms with Crippen LogP contribution < -0.4 is 0 Å². The van der Waals surface area contributed by atoms with Crippen LogP contribution in [-0.4, -0.2) is 19.0 Å². The van der Waals surface area contributed by atoms with Crippen molar-refractivity contribution in [2.24, 2.45) is 0 Å². The zero-order chi connectivity index (χ0) is 10.9. The molecule has 3 heteroatoms. The molecule has 84 valence electrons. The molecule has 0 N–H and O–H groups in total. The molecule has 0 saturated heterocycles. The molecule has 0 spiro atoms. The molecule has 0 saturated carbocycles. The number of ketones is 1. The van der Waals surface area contributed by atoms with Gasteiger partial charge in [-0.3, -0.25) is 4.79 Å². The number of hydrogen-bond acceptors (Lipinski definition) is 3. The molecule has 0 amide bonds. The molecule has 1 rings (SSSR count). The summed E-state index contributed by atoms with van der Waals surface area (Å²) in [5, 5.41) is 2.05. The van der Waals surface area contributed by atoms with E-state index in [1.807, 2.05) is 13.0 Å². The molecule has 0 fully saturated rings. The maximum Gasteiger partial charge on any atom is 0.133 e. The van der Waals surface area contributed by atoms with E-state index in [2.05, 4.69) is 11.4 Å². The highest BCUT2D eigenvalue weighted by atomic mass is 32.1. The third kappa shape index (κ3) is 5.70. The zero-order valence-corrected chi connectivity index (χ0v) is 10.0. The van der Waals surface area contributed by atoms with E-state index in [4.69, 9.17) is 4.74 Å². The largest absolute Gasteiger partial charge is 0.382 e. The average Bonchev–Trinajstić information content (AvgIpc) is 2.74. The van der Waals surface area contributed by atoms with Gasteiger partial charge in [0.15, 0.2) is 0 Å². The van der Waals surface area contributed by atoms with Crippen LogP contribution in [0.25, 0.3) is 0 Å². The van der Waals surface area contributed by atoms with E-state index in [1.54, 1.807) is 11.3 Å². The standard InChI is InChI=1S/C12H18O2S/c1-2-14-9-3-5-11(13)7-8-12-6-4-10-15-12/h4,6,10H,2-3,5,7-9H2,1H3. The highest BCUT2D eigenvalue weighted by molar-refractivity contribution is 7.09. The Bertz CT molecular complexity index is 267. The molecule has 0 bridgehead atoms. The van der Waals surface area contributed by atoms with E-state index < -0.39 is 0 Å². The first-order valence-electron chi connectivity index (χ1n) is 5.44. The molecule has 0 aromatic carbocycles. The smallest absolute Gasteiger partial charge is 0.133 e. The van der Waals surface area contributed by atoms with Crippen molar-refractivity contribution < 1.29 is 9.53 Å². The molecule has 0 radical (unpaired) electrons. The Kier molecular flexibility index (Phi) is 6.28. The predicted octanol–water partition coefficient (Wildman–Crippen LogP) is 3.07. The number of thiophene rings is 1. The molecule has 1 heterocycles. The van der Waals surface area contributed by atoms with Crippen LogP contribution >= 0.6 is 11.3 Å². The Morgan fingerprint density at radius 3 is 3.00 bits per heavy atom. The second-order valence-electron chi connectivity index (χ2n) is 3.42. The average molecular weight is 226 g/mol. The molecule has 0 aliphatic heterocycles. The molecule has 0 aliphatic carbocycles. The summed E-state index contributed by atoms with van der Waals surface area (Å²) >= 11 is 1.72. The predicted molar refractivity (Wildman–Crippen MR) is 63.4 cm³/mol. The molecule has 0 aliphatic rings. The second kappa shape index (κ2) is 7.60. The van der Waals surface area contributed by atoms with E-state index in [-0.39, 0.29) is 0 Å². The zero-order valence-electron chi connectivity index (χ0n) is 9.20. The SMILES string of the molecule is CCOCCCC(=O)CCc1cccs1. The highest BCUT2D eigenvalue weighted by Crippen LogP contribution is 2.11. The van der Waals surface area contributed by atoms with E-state index in [9.17, 15) is 4.79 Å². The fourth-order valence-electron chi connectivity index (χ4n) is 1.36. The molecule has 15 heavy (non-hydrogen) atoms. The quantitative estimate of drug-likeness (QED) is 0.637. The van der Waals surface area contributed by atoms with Gasteiger partial charge in [0, 0.05) is 30.9 Å². The first kappa shape index (κ1) is 12.4. The van der Waals surface area contributed by atoms with Crippen LogP contribution in [0.3, 0.4) is 0 Å². The molecule has 0 atom stereocenters. The van der Waals surface area contributed by atoms with Gasteiger partial charge in [-0.05, 0) is 31.2 Å². The lowest BCUT2D eigenvalue weighted by molar-refractivity contribution is -0.119. The second-order valence-corrected chi connectivity index (χ2v) is 4.45. The lowest BCUT2D eigenvalue weighted by Crippen LogP contribution is -2.02. The summed E-state index contributed by atoms with van der Waals surface area (Å²) in [5.74, 6) is 0.350. The van der Waals surface area contributed by atoms with Gasteiger partial charge in [0.05, 0.1) is 0 Å². The monoisotopic (exact) mass is 226 g/mol. The molecule has 1 aromatic rings. The van der Waals surface area contributed by atoms with Crippen molar-refractivity contribution >= 4 is 17.1 Å². The minimum Gasteiger partial charge on any atom is -0.382 e. The van der Waals surface area contributed by atoms with Gasteiger partial charge >= 0.3 is 0 Å². The van der Waals surface area contributed by atoms with Crippen LogP contribution in [0.15, 0.2) is 17.5 Å². The van der Waals surface area contributed by atoms with E-state index in [0.29, 0.717) is 25.2 Å². The van der Waals surface area contributed by atoms with Crippen molar-refractivity contribution in [1.29, 1.82) is 0 Å². The maximum absolute atomic E-state index is 11.5. The van der Waals surface area contributed by atoms with Gasteiger partial charge in [-0.1, -0.05) is 6.07 Å². The summed E-state index contributed by atoms with van der Waals surface area (Å²) in [6.07, 6.45) is 3.08. The molecular weight excluding hydrogens is 208 g/mol. The van der Waals surface area contributed by atoms with E-state index in [0.717, 1.165) is 19.4 Å². The Balaban J connectivity index is 2.04. The van der Waals surface area contributed by atoms with E-state index in [1.165, 1.54) is 4.88 Å². The van der Waals surface area contributed by atoms with Crippen molar-refractivity contribution in [3.05, 3.63) is 22.4 Å². The van der Waals surface area contributed by atoms with Crippen LogP contribution in [0.5, 0.6) is 0 Å². The summed E-state index contributed by atoms with van der Waals surface area (Å²) in [4.78, 5) is 12.7. The van der Waals surface area contributed by atoms with E-state index >= 15 is 0 Å². The Morgan fingerprint density at radius 2 is 2.33 bits per heavy atom. The van der Waals surface area contributed by atoms with Crippen LogP contribution in [-0.2, 0) is 16.0 Å².